The summed E-state index contributed by atoms with van der Waals surface area (Å²) < 4.78 is 25.2. The number of benzene rings is 1. The van der Waals surface area contributed by atoms with Crippen LogP contribution in [0.15, 0.2) is 23.1 Å². The molecule has 0 unspecified atom stereocenters. The van der Waals surface area contributed by atoms with Gasteiger partial charge in [-0.25, -0.2) is 13.1 Å². The van der Waals surface area contributed by atoms with Crippen molar-refractivity contribution in [2.24, 2.45) is 0 Å². The van der Waals surface area contributed by atoms with E-state index >= 15 is 0 Å². The average Bonchev–Trinajstić information content (AvgIpc) is 2.09. The molecule has 0 bridgehead atoms. The van der Waals surface area contributed by atoms with Crippen LogP contribution in [-0.2, 0) is 10.0 Å². The molecule has 3 nitrogen and oxygen atoms in total. The van der Waals surface area contributed by atoms with Crippen molar-refractivity contribution >= 4 is 39.6 Å². The summed E-state index contributed by atoms with van der Waals surface area (Å²) in [4.78, 5) is 0.356. The summed E-state index contributed by atoms with van der Waals surface area (Å²) in [6, 6.07) is 5.37. The van der Waals surface area contributed by atoms with Crippen LogP contribution in [0.4, 0.5) is 0 Å². The molecule has 0 spiro atoms. The minimum atomic E-state index is -3.30. The Labute approximate surface area is 107 Å². The molecule has 0 fully saturated rings. The summed E-state index contributed by atoms with van der Waals surface area (Å²) >= 11 is 0. The molecule has 0 aliphatic heterocycles. The first-order chi connectivity index (χ1) is 5.97. The Morgan fingerprint density at radius 3 is 2.29 bits per heavy atom. The Kier molecular flexibility index (Phi) is 5.33. The molecule has 0 saturated heterocycles. The fourth-order valence-electron chi connectivity index (χ4n) is 1.11. The van der Waals surface area contributed by atoms with Gasteiger partial charge in [0.15, 0.2) is 0 Å². The van der Waals surface area contributed by atoms with Crippen molar-refractivity contribution in [3.8, 4) is 0 Å². The second-order valence-corrected chi connectivity index (χ2v) is 4.83. The molecule has 0 aliphatic carbocycles. The molecule has 0 radical (unpaired) electrons. The van der Waals surface area contributed by atoms with E-state index in [1.165, 1.54) is 7.05 Å². The van der Waals surface area contributed by atoms with Crippen LogP contribution < -0.4 is 4.72 Å². The van der Waals surface area contributed by atoms with Crippen molar-refractivity contribution in [3.05, 3.63) is 29.3 Å². The summed E-state index contributed by atoms with van der Waals surface area (Å²) in [5.74, 6) is 0. The van der Waals surface area contributed by atoms with E-state index in [-0.39, 0.29) is 29.6 Å². The number of rotatable bonds is 2. The number of aryl methyl sites for hydroxylation is 2. The number of nitrogens with one attached hydrogen (secondary N) is 1. The molecule has 0 aromatic heterocycles. The van der Waals surface area contributed by atoms with E-state index in [9.17, 15) is 8.42 Å². The first kappa shape index (κ1) is 14.1. The van der Waals surface area contributed by atoms with Crippen molar-refractivity contribution in [1.29, 1.82) is 0 Å². The van der Waals surface area contributed by atoms with Crippen LogP contribution in [0.2, 0.25) is 0 Å². The van der Waals surface area contributed by atoms with E-state index in [1.807, 2.05) is 13.0 Å². The molecule has 0 heterocycles. The zero-order valence-electron chi connectivity index (χ0n) is 7.96. The maximum atomic E-state index is 11.5. The Morgan fingerprint density at radius 1 is 1.21 bits per heavy atom. The molecular formula is C9H14NNaO2S. The summed E-state index contributed by atoms with van der Waals surface area (Å²) in [6.45, 7) is 3.65. The molecule has 5 heteroatoms. The zero-order chi connectivity index (χ0) is 10.1. The second kappa shape index (κ2) is 5.28. The van der Waals surface area contributed by atoms with E-state index in [2.05, 4.69) is 4.72 Å². The van der Waals surface area contributed by atoms with Crippen LogP contribution in [0.3, 0.4) is 0 Å². The first-order valence-corrected chi connectivity index (χ1v) is 5.46. The van der Waals surface area contributed by atoms with Crippen molar-refractivity contribution in [2.45, 2.75) is 18.7 Å². The fraction of sp³-hybridized carbons (Fsp3) is 0.333. The molecule has 0 saturated carbocycles. The molecule has 1 N–H and O–H groups in total. The summed E-state index contributed by atoms with van der Waals surface area (Å²) in [7, 11) is -1.89. The standard InChI is InChI=1S/C9H13NO2S.Na.H/c1-7-4-5-8(2)9(6-7)13(11,12)10-3;;/h4-6,10H,1-3H3;;. The Morgan fingerprint density at radius 2 is 1.79 bits per heavy atom. The van der Waals surface area contributed by atoms with Gasteiger partial charge < -0.3 is 0 Å². The normalized spacial score (nSPS) is 10.8. The molecule has 1 rings (SSSR count). The van der Waals surface area contributed by atoms with Gasteiger partial charge in [-0.15, -0.1) is 0 Å². The minimum absolute atomic E-state index is 0. The zero-order valence-corrected chi connectivity index (χ0v) is 8.77. The first-order valence-electron chi connectivity index (χ1n) is 3.98. The predicted molar refractivity (Wildman–Crippen MR) is 59.3 cm³/mol. The number of hydrogen-bond acceptors (Lipinski definition) is 2. The SMILES string of the molecule is CNS(=O)(=O)c1cc(C)ccc1C.[NaH]. The van der Waals surface area contributed by atoms with Gasteiger partial charge in [0, 0.05) is 0 Å². The van der Waals surface area contributed by atoms with Crippen molar-refractivity contribution in [2.75, 3.05) is 7.05 Å². The summed E-state index contributed by atoms with van der Waals surface area (Å²) in [5.41, 5.74) is 1.71. The van der Waals surface area contributed by atoms with Crippen molar-refractivity contribution in [3.63, 3.8) is 0 Å². The molecule has 0 amide bonds. The van der Waals surface area contributed by atoms with Crippen molar-refractivity contribution < 1.29 is 8.42 Å². The topological polar surface area (TPSA) is 46.2 Å². The summed E-state index contributed by atoms with van der Waals surface area (Å²) in [6.07, 6.45) is 0. The monoisotopic (exact) mass is 223 g/mol. The van der Waals surface area contributed by atoms with Gasteiger partial charge in [-0.1, -0.05) is 12.1 Å². The Bertz CT molecular complexity index is 415. The summed E-state index contributed by atoms with van der Waals surface area (Å²) in [5, 5.41) is 0. The third kappa shape index (κ3) is 3.07. The third-order valence-corrected chi connectivity index (χ3v) is 3.46. The van der Waals surface area contributed by atoms with Crippen LogP contribution in [0, 0.1) is 13.8 Å². The molecule has 74 valence electrons. The van der Waals surface area contributed by atoms with E-state index < -0.39 is 10.0 Å². The molecular weight excluding hydrogens is 209 g/mol. The van der Waals surface area contributed by atoms with Crippen LogP contribution in [0.5, 0.6) is 0 Å². The van der Waals surface area contributed by atoms with E-state index in [4.69, 9.17) is 0 Å². The van der Waals surface area contributed by atoms with Gasteiger partial charge in [-0.3, -0.25) is 0 Å². The molecule has 0 aliphatic rings. The average molecular weight is 223 g/mol. The van der Waals surface area contributed by atoms with Gasteiger partial charge >= 0.3 is 29.6 Å². The van der Waals surface area contributed by atoms with Crippen LogP contribution in [-0.4, -0.2) is 45.0 Å². The molecule has 0 atom stereocenters. The van der Waals surface area contributed by atoms with Gasteiger partial charge in [-0.2, -0.15) is 0 Å². The van der Waals surface area contributed by atoms with Gasteiger partial charge in [0.25, 0.3) is 0 Å². The Hall–Kier alpha value is 0.130. The van der Waals surface area contributed by atoms with Crippen LogP contribution >= 0.6 is 0 Å². The van der Waals surface area contributed by atoms with Gasteiger partial charge in [0.05, 0.1) is 4.90 Å². The maximum absolute atomic E-state index is 11.5. The van der Waals surface area contributed by atoms with Gasteiger partial charge in [0.1, 0.15) is 0 Å². The molecule has 1 aromatic carbocycles. The van der Waals surface area contributed by atoms with Crippen molar-refractivity contribution in [1.82, 2.24) is 4.72 Å². The van der Waals surface area contributed by atoms with E-state index in [0.29, 0.717) is 4.90 Å². The van der Waals surface area contributed by atoms with Crippen LogP contribution in [0.1, 0.15) is 11.1 Å². The van der Waals surface area contributed by atoms with E-state index in [1.54, 1.807) is 19.1 Å². The quantitative estimate of drug-likeness (QED) is 0.745. The molecule has 14 heavy (non-hydrogen) atoms. The Balaban J connectivity index is 0.00000169. The molecule has 1 aromatic rings. The van der Waals surface area contributed by atoms with Crippen LogP contribution in [0.25, 0.3) is 0 Å². The number of hydrogen-bond donors (Lipinski definition) is 1. The number of sulfonamides is 1. The fourth-order valence-corrected chi connectivity index (χ4v) is 2.16. The van der Waals surface area contributed by atoms with Gasteiger partial charge in [0.2, 0.25) is 10.0 Å². The van der Waals surface area contributed by atoms with E-state index in [0.717, 1.165) is 11.1 Å². The predicted octanol–water partition coefficient (Wildman–Crippen LogP) is 0.563. The third-order valence-electron chi connectivity index (χ3n) is 1.90. The van der Waals surface area contributed by atoms with Gasteiger partial charge in [-0.05, 0) is 38.1 Å². The second-order valence-electron chi connectivity index (χ2n) is 2.98.